The summed E-state index contributed by atoms with van der Waals surface area (Å²) in [6.45, 7) is 2.81. The minimum absolute atomic E-state index is 0.856. The Labute approximate surface area is 78.1 Å². The molecule has 1 aromatic carbocycles. The van der Waals surface area contributed by atoms with Crippen LogP contribution >= 0.6 is 0 Å². The van der Waals surface area contributed by atoms with Gasteiger partial charge in [0.1, 0.15) is 0 Å². The van der Waals surface area contributed by atoms with Crippen LogP contribution in [0.15, 0.2) is 40.7 Å². The van der Waals surface area contributed by atoms with Gasteiger partial charge in [0.25, 0.3) is 0 Å². The molecule has 0 atom stereocenters. The Bertz CT molecular complexity index is 281. The molecule has 0 spiro atoms. The van der Waals surface area contributed by atoms with E-state index in [9.17, 15) is 0 Å². The second-order valence-electron chi connectivity index (χ2n) is 3.14. The molecule has 0 bridgehead atoms. The number of nitrogens with zero attached hydrogens (tertiary/aromatic N) is 3. The van der Waals surface area contributed by atoms with Crippen molar-refractivity contribution in [3.05, 3.63) is 35.9 Å². The maximum atomic E-state index is 4.01. The maximum Gasteiger partial charge on any atom is 0.0813 e. The SMILES string of the molecule is c1ccc(CCN2CCN=N2)cc1. The number of benzene rings is 1. The summed E-state index contributed by atoms with van der Waals surface area (Å²) in [6.07, 6.45) is 1.06. The van der Waals surface area contributed by atoms with Crippen LogP contribution in [0.25, 0.3) is 0 Å². The fourth-order valence-corrected chi connectivity index (χ4v) is 1.40. The van der Waals surface area contributed by atoms with E-state index in [1.54, 1.807) is 0 Å². The molecule has 1 heterocycles. The molecule has 1 aromatic rings. The van der Waals surface area contributed by atoms with Gasteiger partial charge in [-0.3, -0.25) is 5.01 Å². The molecule has 0 aromatic heterocycles. The van der Waals surface area contributed by atoms with Gasteiger partial charge in [0, 0.05) is 6.54 Å². The van der Waals surface area contributed by atoms with Crippen molar-refractivity contribution < 1.29 is 0 Å². The highest BCUT2D eigenvalue weighted by atomic mass is 15.6. The van der Waals surface area contributed by atoms with Gasteiger partial charge in [-0.1, -0.05) is 35.6 Å². The van der Waals surface area contributed by atoms with E-state index in [0.717, 1.165) is 26.1 Å². The third-order valence-electron chi connectivity index (χ3n) is 2.15. The van der Waals surface area contributed by atoms with E-state index in [4.69, 9.17) is 0 Å². The highest BCUT2D eigenvalue weighted by Gasteiger charge is 2.05. The molecule has 0 saturated heterocycles. The van der Waals surface area contributed by atoms with Gasteiger partial charge < -0.3 is 0 Å². The van der Waals surface area contributed by atoms with Crippen LogP contribution < -0.4 is 0 Å². The summed E-state index contributed by atoms with van der Waals surface area (Å²) in [5.41, 5.74) is 1.37. The number of hydrogen-bond acceptors (Lipinski definition) is 3. The van der Waals surface area contributed by atoms with Gasteiger partial charge in [0.05, 0.1) is 13.1 Å². The normalized spacial score (nSPS) is 15.2. The molecule has 3 heteroatoms. The standard InChI is InChI=1S/C10H13N3/c1-2-4-10(5-3-1)6-8-13-9-7-11-12-13/h1-5H,6-9H2. The lowest BCUT2D eigenvalue weighted by atomic mass is 10.1. The van der Waals surface area contributed by atoms with Gasteiger partial charge in [0.15, 0.2) is 0 Å². The summed E-state index contributed by atoms with van der Waals surface area (Å²) in [6, 6.07) is 10.5. The number of hydrogen-bond donors (Lipinski definition) is 0. The Hall–Kier alpha value is -1.38. The minimum atomic E-state index is 0.856. The molecule has 1 aliphatic rings. The molecule has 0 unspecified atom stereocenters. The van der Waals surface area contributed by atoms with E-state index in [2.05, 4.69) is 34.6 Å². The second-order valence-corrected chi connectivity index (χ2v) is 3.14. The van der Waals surface area contributed by atoms with Gasteiger partial charge in [-0.15, -0.1) is 0 Å². The topological polar surface area (TPSA) is 28.0 Å². The smallest absolute Gasteiger partial charge is 0.0813 e. The highest BCUT2D eigenvalue weighted by molar-refractivity contribution is 5.14. The van der Waals surface area contributed by atoms with Gasteiger partial charge in [-0.2, -0.15) is 5.11 Å². The van der Waals surface area contributed by atoms with Crippen LogP contribution in [-0.2, 0) is 6.42 Å². The summed E-state index contributed by atoms with van der Waals surface area (Å²) in [5, 5.41) is 9.96. The lowest BCUT2D eigenvalue weighted by Gasteiger charge is -2.10. The van der Waals surface area contributed by atoms with Crippen LogP contribution in [0, 0.1) is 0 Å². The fraction of sp³-hybridized carbons (Fsp3) is 0.400. The van der Waals surface area contributed by atoms with E-state index in [0.29, 0.717) is 0 Å². The van der Waals surface area contributed by atoms with E-state index < -0.39 is 0 Å². The average Bonchev–Trinajstić information content (AvgIpc) is 2.69. The maximum absolute atomic E-state index is 4.01. The molecule has 0 saturated carbocycles. The number of rotatable bonds is 3. The van der Waals surface area contributed by atoms with E-state index in [1.807, 2.05) is 11.1 Å². The molecule has 13 heavy (non-hydrogen) atoms. The summed E-state index contributed by atoms with van der Waals surface area (Å²) in [5.74, 6) is 0. The first kappa shape index (κ1) is 8.23. The quantitative estimate of drug-likeness (QED) is 0.689. The second kappa shape index (κ2) is 4.03. The van der Waals surface area contributed by atoms with Gasteiger partial charge >= 0.3 is 0 Å². The van der Waals surface area contributed by atoms with Crippen LogP contribution in [-0.4, -0.2) is 24.6 Å². The van der Waals surface area contributed by atoms with Crippen LogP contribution in [0.3, 0.4) is 0 Å². The first-order valence-electron chi connectivity index (χ1n) is 4.61. The first-order valence-corrected chi connectivity index (χ1v) is 4.61. The molecular weight excluding hydrogens is 162 g/mol. The molecule has 0 N–H and O–H groups in total. The Balaban J connectivity index is 1.82. The monoisotopic (exact) mass is 175 g/mol. The molecule has 0 aliphatic carbocycles. The summed E-state index contributed by atoms with van der Waals surface area (Å²) >= 11 is 0. The van der Waals surface area contributed by atoms with Gasteiger partial charge in [-0.05, 0) is 12.0 Å². The minimum Gasteiger partial charge on any atom is -0.277 e. The third kappa shape index (κ3) is 2.28. The van der Waals surface area contributed by atoms with Crippen molar-refractivity contribution in [2.75, 3.05) is 19.6 Å². The van der Waals surface area contributed by atoms with Crippen molar-refractivity contribution in [3.63, 3.8) is 0 Å². The zero-order valence-corrected chi connectivity index (χ0v) is 7.56. The van der Waals surface area contributed by atoms with Crippen molar-refractivity contribution in [2.24, 2.45) is 10.3 Å². The van der Waals surface area contributed by atoms with E-state index in [1.165, 1.54) is 5.56 Å². The Morgan fingerprint density at radius 2 is 2.08 bits per heavy atom. The van der Waals surface area contributed by atoms with Crippen molar-refractivity contribution in [3.8, 4) is 0 Å². The highest BCUT2D eigenvalue weighted by Crippen LogP contribution is 2.04. The molecule has 0 fully saturated rings. The largest absolute Gasteiger partial charge is 0.277 e. The molecule has 1 aliphatic heterocycles. The van der Waals surface area contributed by atoms with Crippen LogP contribution in [0.2, 0.25) is 0 Å². The summed E-state index contributed by atoms with van der Waals surface area (Å²) in [7, 11) is 0. The average molecular weight is 175 g/mol. The Kier molecular flexibility index (Phi) is 2.55. The van der Waals surface area contributed by atoms with Crippen LogP contribution in [0.4, 0.5) is 0 Å². The molecular formula is C10H13N3. The molecule has 2 rings (SSSR count). The Morgan fingerprint density at radius 1 is 1.23 bits per heavy atom. The Morgan fingerprint density at radius 3 is 2.77 bits per heavy atom. The van der Waals surface area contributed by atoms with Crippen molar-refractivity contribution in [1.29, 1.82) is 0 Å². The molecule has 0 amide bonds. The molecule has 68 valence electrons. The van der Waals surface area contributed by atoms with Gasteiger partial charge in [0.2, 0.25) is 0 Å². The summed E-state index contributed by atoms with van der Waals surface area (Å²) in [4.78, 5) is 0. The predicted molar refractivity (Wildman–Crippen MR) is 51.4 cm³/mol. The predicted octanol–water partition coefficient (Wildman–Crippen LogP) is 1.91. The van der Waals surface area contributed by atoms with Crippen molar-refractivity contribution in [1.82, 2.24) is 5.01 Å². The first-order chi connectivity index (χ1) is 6.45. The zero-order chi connectivity index (χ0) is 8.93. The van der Waals surface area contributed by atoms with E-state index >= 15 is 0 Å². The third-order valence-corrected chi connectivity index (χ3v) is 2.15. The van der Waals surface area contributed by atoms with Gasteiger partial charge in [-0.25, -0.2) is 0 Å². The van der Waals surface area contributed by atoms with Crippen molar-refractivity contribution in [2.45, 2.75) is 6.42 Å². The van der Waals surface area contributed by atoms with Crippen molar-refractivity contribution >= 4 is 0 Å². The fourth-order valence-electron chi connectivity index (χ4n) is 1.40. The molecule has 3 nitrogen and oxygen atoms in total. The summed E-state index contributed by atoms with van der Waals surface area (Å²) < 4.78 is 0. The van der Waals surface area contributed by atoms with Crippen LogP contribution in [0.5, 0.6) is 0 Å². The molecule has 0 radical (unpaired) electrons. The lowest BCUT2D eigenvalue weighted by Crippen LogP contribution is -2.18. The van der Waals surface area contributed by atoms with Crippen LogP contribution in [0.1, 0.15) is 5.56 Å². The lowest BCUT2D eigenvalue weighted by molar-refractivity contribution is 0.323. The zero-order valence-electron chi connectivity index (χ0n) is 7.56. The van der Waals surface area contributed by atoms with E-state index in [-0.39, 0.29) is 0 Å².